The molecule has 21 heavy (non-hydrogen) atoms. The van der Waals surface area contributed by atoms with Crippen molar-refractivity contribution in [3.8, 4) is 11.3 Å². The van der Waals surface area contributed by atoms with E-state index in [1.807, 2.05) is 0 Å². The van der Waals surface area contributed by atoms with Crippen LogP contribution in [0.15, 0.2) is 48.7 Å². The van der Waals surface area contributed by atoms with Gasteiger partial charge in [0.1, 0.15) is 0 Å². The lowest BCUT2D eigenvalue weighted by molar-refractivity contribution is -0.730. The Kier molecular flexibility index (Phi) is 2.36. The Balaban J connectivity index is 2.23. The quantitative estimate of drug-likeness (QED) is 0.531. The molecule has 3 aromatic rings. The summed E-state index contributed by atoms with van der Waals surface area (Å²) < 4.78 is 2.44. The monoisotopic (exact) mass is 274 g/mol. The number of fused-ring (bicyclic) bond motifs is 5. The van der Waals surface area contributed by atoms with E-state index in [1.54, 1.807) is 0 Å². The van der Waals surface area contributed by atoms with Crippen molar-refractivity contribution in [2.45, 2.75) is 33.2 Å². The standard InChI is InChI=1S/C20H20N/c1-13-11-14(2)18-17(12-13)19-16-8-6-5-7-15(16)9-10-21(19)20(18,3)4/h5-12H,1-4H3/q+1. The molecule has 1 aromatic heterocycles. The Morgan fingerprint density at radius 3 is 2.52 bits per heavy atom. The number of hydrogen-bond donors (Lipinski definition) is 0. The first-order chi connectivity index (χ1) is 10.00. The molecule has 1 aliphatic heterocycles. The van der Waals surface area contributed by atoms with Gasteiger partial charge in [0.2, 0.25) is 5.69 Å². The van der Waals surface area contributed by atoms with Crippen molar-refractivity contribution < 1.29 is 4.57 Å². The van der Waals surface area contributed by atoms with Crippen LogP contribution in [0.5, 0.6) is 0 Å². The zero-order valence-corrected chi connectivity index (χ0v) is 13.1. The number of hydrogen-bond acceptors (Lipinski definition) is 0. The SMILES string of the molecule is Cc1cc(C)c2c(c1)-c1c3ccccc3cc[n+]1C2(C)C. The van der Waals surface area contributed by atoms with Gasteiger partial charge in [0.25, 0.3) is 0 Å². The minimum atomic E-state index is 0.00643. The van der Waals surface area contributed by atoms with Crippen molar-refractivity contribution >= 4 is 10.8 Å². The number of rotatable bonds is 0. The fourth-order valence-corrected chi connectivity index (χ4v) is 4.04. The van der Waals surface area contributed by atoms with Gasteiger partial charge in [-0.2, -0.15) is 4.57 Å². The van der Waals surface area contributed by atoms with E-state index in [0.717, 1.165) is 0 Å². The number of aromatic nitrogens is 1. The molecule has 0 unspecified atom stereocenters. The lowest BCUT2D eigenvalue weighted by Gasteiger charge is -2.17. The zero-order chi connectivity index (χ0) is 14.8. The predicted octanol–water partition coefficient (Wildman–Crippen LogP) is 4.51. The van der Waals surface area contributed by atoms with Gasteiger partial charge in [-0.15, -0.1) is 0 Å². The summed E-state index contributed by atoms with van der Waals surface area (Å²) in [6.07, 6.45) is 2.24. The van der Waals surface area contributed by atoms with E-state index in [4.69, 9.17) is 0 Å². The van der Waals surface area contributed by atoms with Gasteiger partial charge in [0.05, 0.1) is 10.9 Å². The van der Waals surface area contributed by atoms with Crippen molar-refractivity contribution in [3.05, 3.63) is 65.4 Å². The van der Waals surface area contributed by atoms with Crippen LogP contribution in [0.1, 0.15) is 30.5 Å². The molecule has 2 heterocycles. The summed E-state index contributed by atoms with van der Waals surface area (Å²) in [7, 11) is 0. The Labute approximate surface area is 125 Å². The molecule has 104 valence electrons. The van der Waals surface area contributed by atoms with Crippen LogP contribution in [0, 0.1) is 13.8 Å². The third-order valence-corrected chi connectivity index (χ3v) is 4.81. The van der Waals surface area contributed by atoms with Crippen LogP contribution < -0.4 is 4.57 Å². The normalized spacial score (nSPS) is 15.0. The Bertz CT molecular complexity index is 888. The highest BCUT2D eigenvalue weighted by Gasteiger charge is 2.45. The molecule has 1 nitrogen and oxygen atoms in total. The summed E-state index contributed by atoms with van der Waals surface area (Å²) in [6.45, 7) is 9.06. The fraction of sp³-hybridized carbons (Fsp3) is 0.250. The van der Waals surface area contributed by atoms with E-state index < -0.39 is 0 Å². The van der Waals surface area contributed by atoms with Crippen LogP contribution in [0.2, 0.25) is 0 Å². The van der Waals surface area contributed by atoms with Crippen molar-refractivity contribution in [2.24, 2.45) is 0 Å². The highest BCUT2D eigenvalue weighted by Crippen LogP contribution is 2.42. The van der Waals surface area contributed by atoms with Crippen LogP contribution in [0.4, 0.5) is 0 Å². The predicted molar refractivity (Wildman–Crippen MR) is 87.5 cm³/mol. The number of benzene rings is 2. The molecular formula is C20H20N+. The van der Waals surface area contributed by atoms with Crippen molar-refractivity contribution in [2.75, 3.05) is 0 Å². The molecule has 0 radical (unpaired) electrons. The molecule has 0 N–H and O–H groups in total. The first kappa shape index (κ1) is 12.6. The third kappa shape index (κ3) is 1.55. The van der Waals surface area contributed by atoms with E-state index in [0.29, 0.717) is 0 Å². The molecule has 1 aliphatic rings. The van der Waals surface area contributed by atoms with Crippen LogP contribution in [0.3, 0.4) is 0 Å². The Morgan fingerprint density at radius 1 is 0.952 bits per heavy atom. The smallest absolute Gasteiger partial charge is 0.189 e. The maximum Gasteiger partial charge on any atom is 0.221 e. The number of pyridine rings is 1. The third-order valence-electron chi connectivity index (χ3n) is 4.81. The molecule has 0 bridgehead atoms. The first-order valence-electron chi connectivity index (χ1n) is 7.56. The summed E-state index contributed by atoms with van der Waals surface area (Å²) in [5.74, 6) is 0. The molecule has 2 aromatic carbocycles. The summed E-state index contributed by atoms with van der Waals surface area (Å²) >= 11 is 0. The van der Waals surface area contributed by atoms with E-state index in [1.165, 1.54) is 38.7 Å². The molecule has 0 atom stereocenters. The second-order valence-corrected chi connectivity index (χ2v) is 6.68. The molecule has 1 heteroatoms. The fourth-order valence-electron chi connectivity index (χ4n) is 4.04. The molecule has 0 aliphatic carbocycles. The Hall–Kier alpha value is -2.15. The second-order valence-electron chi connectivity index (χ2n) is 6.68. The van der Waals surface area contributed by atoms with Gasteiger partial charge in [-0.1, -0.05) is 24.3 Å². The number of aryl methyl sites for hydroxylation is 2. The minimum absolute atomic E-state index is 0.00643. The van der Waals surface area contributed by atoms with Crippen LogP contribution >= 0.6 is 0 Å². The van der Waals surface area contributed by atoms with E-state index >= 15 is 0 Å². The van der Waals surface area contributed by atoms with E-state index in [9.17, 15) is 0 Å². The van der Waals surface area contributed by atoms with Crippen molar-refractivity contribution in [1.29, 1.82) is 0 Å². The van der Waals surface area contributed by atoms with E-state index in [-0.39, 0.29) is 5.54 Å². The Morgan fingerprint density at radius 2 is 1.71 bits per heavy atom. The molecular weight excluding hydrogens is 254 g/mol. The second kappa shape index (κ2) is 3.94. The zero-order valence-electron chi connectivity index (χ0n) is 13.1. The van der Waals surface area contributed by atoms with Gasteiger partial charge in [-0.05, 0) is 42.5 Å². The van der Waals surface area contributed by atoms with Gasteiger partial charge in [0.15, 0.2) is 11.7 Å². The van der Waals surface area contributed by atoms with Gasteiger partial charge in [-0.3, -0.25) is 0 Å². The lowest BCUT2D eigenvalue weighted by Crippen LogP contribution is -2.50. The summed E-state index contributed by atoms with van der Waals surface area (Å²) in [4.78, 5) is 0. The average Bonchev–Trinajstić information content (AvgIpc) is 2.67. The summed E-state index contributed by atoms with van der Waals surface area (Å²) in [5, 5.41) is 2.66. The maximum atomic E-state index is 2.44. The van der Waals surface area contributed by atoms with Gasteiger partial charge < -0.3 is 0 Å². The van der Waals surface area contributed by atoms with Crippen LogP contribution in [0.25, 0.3) is 22.0 Å². The highest BCUT2D eigenvalue weighted by molar-refractivity contribution is 5.94. The molecule has 0 amide bonds. The van der Waals surface area contributed by atoms with Crippen LogP contribution in [-0.2, 0) is 5.54 Å². The van der Waals surface area contributed by atoms with Gasteiger partial charge >= 0.3 is 0 Å². The molecule has 0 spiro atoms. The maximum absolute atomic E-state index is 2.44. The first-order valence-corrected chi connectivity index (χ1v) is 7.56. The molecule has 4 rings (SSSR count). The minimum Gasteiger partial charge on any atom is -0.189 e. The summed E-state index contributed by atoms with van der Waals surface area (Å²) in [5.41, 5.74) is 6.96. The van der Waals surface area contributed by atoms with Crippen LogP contribution in [-0.4, -0.2) is 0 Å². The molecule has 0 saturated carbocycles. The molecule has 0 fully saturated rings. The lowest BCUT2D eigenvalue weighted by atomic mass is 9.88. The molecule has 0 saturated heterocycles. The highest BCUT2D eigenvalue weighted by atomic mass is 15.1. The van der Waals surface area contributed by atoms with Crippen molar-refractivity contribution in [1.82, 2.24) is 0 Å². The van der Waals surface area contributed by atoms with Crippen molar-refractivity contribution in [3.63, 3.8) is 0 Å². The topological polar surface area (TPSA) is 3.88 Å². The number of nitrogens with zero attached hydrogens (tertiary/aromatic N) is 1. The van der Waals surface area contributed by atoms with E-state index in [2.05, 4.69) is 80.9 Å². The largest absolute Gasteiger partial charge is 0.221 e. The van der Waals surface area contributed by atoms with Gasteiger partial charge in [-0.25, -0.2) is 0 Å². The van der Waals surface area contributed by atoms with Gasteiger partial charge in [0, 0.05) is 25.5 Å². The summed E-state index contributed by atoms with van der Waals surface area (Å²) in [6, 6.07) is 15.6. The average molecular weight is 274 g/mol.